The molecule has 0 aromatic heterocycles. The summed E-state index contributed by atoms with van der Waals surface area (Å²) in [5, 5.41) is 14.3. The molecular weight excluding hydrogens is 150 g/mol. The second kappa shape index (κ2) is 2.94. The first kappa shape index (κ1) is 7.87. The maximum Gasteiger partial charge on any atom is 0.106 e. The van der Waals surface area contributed by atoms with Crippen LogP contribution in [0.1, 0.15) is 32.1 Å². The van der Waals surface area contributed by atoms with Crippen LogP contribution < -0.4 is 5.32 Å². The van der Waals surface area contributed by atoms with Crippen LogP contribution in [0.5, 0.6) is 0 Å². The maximum absolute atomic E-state index is 10.2. The van der Waals surface area contributed by atoms with Gasteiger partial charge in [-0.1, -0.05) is 19.3 Å². The minimum absolute atomic E-state index is 0.609. The van der Waals surface area contributed by atoms with Gasteiger partial charge in [0.2, 0.25) is 0 Å². The lowest BCUT2D eigenvalue weighted by Gasteiger charge is -2.32. The molecule has 0 amide bonds. The van der Waals surface area contributed by atoms with E-state index in [-0.39, 0.29) is 0 Å². The third-order valence-corrected chi connectivity index (χ3v) is 2.71. The zero-order chi connectivity index (χ0) is 8.44. The van der Waals surface area contributed by atoms with Gasteiger partial charge in [-0.05, 0) is 25.0 Å². The Hall–Kier alpha value is -0.760. The number of nitrogens with zero attached hydrogens (tertiary/aromatic N) is 1. The number of hydrogen-bond donors (Lipinski definition) is 1. The van der Waals surface area contributed by atoms with Crippen LogP contribution in [-0.2, 0) is 0 Å². The van der Waals surface area contributed by atoms with Crippen molar-refractivity contribution in [1.29, 1.82) is 0 Å². The summed E-state index contributed by atoms with van der Waals surface area (Å²) >= 11 is 0. The topological polar surface area (TPSA) is 34.3 Å². The minimum atomic E-state index is -0.609. The predicted octanol–water partition coefficient (Wildman–Crippen LogP) is 1.70. The first-order valence-corrected chi connectivity index (χ1v) is 4.62. The van der Waals surface area contributed by atoms with E-state index < -0.39 is 5.60 Å². The van der Waals surface area contributed by atoms with Gasteiger partial charge in [-0.15, -0.1) is 0 Å². The molecule has 0 aromatic rings. The van der Waals surface area contributed by atoms with E-state index in [1.807, 2.05) is 12.2 Å². The summed E-state index contributed by atoms with van der Waals surface area (Å²) in [4.78, 5) is 0. The molecule has 1 N–H and O–H groups in total. The molecule has 12 heavy (non-hydrogen) atoms. The Labute approximate surface area is 73.0 Å². The van der Waals surface area contributed by atoms with E-state index in [1.165, 1.54) is 6.42 Å². The van der Waals surface area contributed by atoms with Gasteiger partial charge in [0.1, 0.15) is 5.60 Å². The van der Waals surface area contributed by atoms with Crippen LogP contribution >= 0.6 is 0 Å². The van der Waals surface area contributed by atoms with Crippen LogP contribution in [0.4, 0.5) is 0 Å². The summed E-state index contributed by atoms with van der Waals surface area (Å²) in [7, 11) is 0. The quantitative estimate of drug-likeness (QED) is 0.628. The second-order valence-electron chi connectivity index (χ2n) is 3.61. The third-order valence-electron chi connectivity index (χ3n) is 2.71. The lowest BCUT2D eigenvalue weighted by molar-refractivity contribution is 0.0350. The van der Waals surface area contributed by atoms with E-state index in [1.54, 1.807) is 6.20 Å². The van der Waals surface area contributed by atoms with Crippen LogP contribution in [0, 0.1) is 0 Å². The fourth-order valence-corrected chi connectivity index (χ4v) is 1.97. The lowest BCUT2D eigenvalue weighted by Crippen LogP contribution is -2.35. The monoisotopic (exact) mass is 164 g/mol. The molecule has 65 valence electrons. The van der Waals surface area contributed by atoms with Gasteiger partial charge in [0, 0.05) is 6.20 Å². The standard InChI is InChI=1S/C10H14NO/c12-10(6-2-1-3-7-10)9-5-4-8-11-9/h4-5,8,12H,1-3,6-7H2. The highest BCUT2D eigenvalue weighted by atomic mass is 16.3. The minimum Gasteiger partial charge on any atom is -0.384 e. The predicted molar refractivity (Wildman–Crippen MR) is 47.4 cm³/mol. The fraction of sp³-hybridized carbons (Fsp3) is 0.600. The molecule has 0 spiro atoms. The Kier molecular flexibility index (Phi) is 1.93. The Morgan fingerprint density at radius 2 is 2.00 bits per heavy atom. The van der Waals surface area contributed by atoms with E-state index >= 15 is 0 Å². The van der Waals surface area contributed by atoms with E-state index in [0.29, 0.717) is 0 Å². The largest absolute Gasteiger partial charge is 0.384 e. The normalized spacial score (nSPS) is 26.6. The van der Waals surface area contributed by atoms with Crippen molar-refractivity contribution in [2.45, 2.75) is 37.7 Å². The number of aliphatic hydroxyl groups is 1. The molecule has 1 heterocycles. The number of allylic oxidation sites excluding steroid dienone is 2. The van der Waals surface area contributed by atoms with Crippen LogP contribution in [0.2, 0.25) is 0 Å². The molecule has 0 unspecified atom stereocenters. The molecule has 1 fully saturated rings. The smallest absolute Gasteiger partial charge is 0.106 e. The summed E-state index contributed by atoms with van der Waals surface area (Å²) in [6.07, 6.45) is 10.8. The molecule has 0 atom stereocenters. The lowest BCUT2D eigenvalue weighted by atomic mass is 9.82. The van der Waals surface area contributed by atoms with Crippen molar-refractivity contribution in [3.63, 3.8) is 0 Å². The van der Waals surface area contributed by atoms with Crippen molar-refractivity contribution in [1.82, 2.24) is 5.32 Å². The molecule has 0 aromatic carbocycles. The summed E-state index contributed by atoms with van der Waals surface area (Å²) in [6, 6.07) is 0. The van der Waals surface area contributed by atoms with Crippen LogP contribution in [-0.4, -0.2) is 10.7 Å². The molecule has 2 heteroatoms. The van der Waals surface area contributed by atoms with Gasteiger partial charge in [-0.3, -0.25) is 5.32 Å². The zero-order valence-electron chi connectivity index (χ0n) is 7.16. The average Bonchev–Trinajstić information content (AvgIpc) is 2.58. The van der Waals surface area contributed by atoms with Crippen molar-refractivity contribution in [3.05, 3.63) is 24.0 Å². The van der Waals surface area contributed by atoms with Crippen molar-refractivity contribution >= 4 is 0 Å². The second-order valence-corrected chi connectivity index (χ2v) is 3.61. The summed E-state index contributed by atoms with van der Waals surface area (Å²) < 4.78 is 0. The SMILES string of the molecule is OC1(C2=CC=C[N]2)CCCCC1. The van der Waals surface area contributed by atoms with Crippen LogP contribution in [0.3, 0.4) is 0 Å². The van der Waals surface area contributed by atoms with Crippen molar-refractivity contribution < 1.29 is 5.11 Å². The van der Waals surface area contributed by atoms with E-state index in [9.17, 15) is 5.11 Å². The highest BCUT2D eigenvalue weighted by molar-refractivity contribution is 5.27. The molecule has 0 saturated heterocycles. The van der Waals surface area contributed by atoms with E-state index in [4.69, 9.17) is 0 Å². The molecule has 2 rings (SSSR count). The van der Waals surface area contributed by atoms with Gasteiger partial charge >= 0.3 is 0 Å². The van der Waals surface area contributed by atoms with Gasteiger partial charge in [-0.25, -0.2) is 0 Å². The Morgan fingerprint density at radius 1 is 1.25 bits per heavy atom. The highest BCUT2D eigenvalue weighted by Gasteiger charge is 2.34. The number of hydrogen-bond acceptors (Lipinski definition) is 1. The van der Waals surface area contributed by atoms with Crippen molar-refractivity contribution in [2.75, 3.05) is 0 Å². The van der Waals surface area contributed by atoms with Gasteiger partial charge in [-0.2, -0.15) is 0 Å². The fourth-order valence-electron chi connectivity index (χ4n) is 1.97. The Bertz CT molecular complexity index is 224. The molecular formula is C10H14NO. The number of rotatable bonds is 1. The van der Waals surface area contributed by atoms with Gasteiger partial charge in [0.15, 0.2) is 0 Å². The average molecular weight is 164 g/mol. The molecule has 1 aliphatic carbocycles. The summed E-state index contributed by atoms with van der Waals surface area (Å²) in [5.41, 5.74) is 0.254. The Balaban J connectivity index is 2.08. The van der Waals surface area contributed by atoms with E-state index in [0.717, 1.165) is 31.4 Å². The first-order chi connectivity index (χ1) is 5.81. The molecule has 0 bridgehead atoms. The zero-order valence-corrected chi connectivity index (χ0v) is 7.16. The molecule has 1 radical (unpaired) electrons. The highest BCUT2D eigenvalue weighted by Crippen LogP contribution is 2.34. The third kappa shape index (κ3) is 1.27. The molecule has 1 saturated carbocycles. The van der Waals surface area contributed by atoms with Crippen molar-refractivity contribution in [3.8, 4) is 0 Å². The van der Waals surface area contributed by atoms with Crippen molar-refractivity contribution in [2.24, 2.45) is 0 Å². The van der Waals surface area contributed by atoms with Gasteiger partial charge < -0.3 is 5.11 Å². The van der Waals surface area contributed by atoms with Gasteiger partial charge in [0.05, 0.1) is 5.70 Å². The molecule has 1 aliphatic heterocycles. The van der Waals surface area contributed by atoms with E-state index in [2.05, 4.69) is 5.32 Å². The van der Waals surface area contributed by atoms with Crippen LogP contribution in [0.15, 0.2) is 24.0 Å². The Morgan fingerprint density at radius 3 is 2.58 bits per heavy atom. The summed E-state index contributed by atoms with van der Waals surface area (Å²) in [6.45, 7) is 0. The molecule has 2 aliphatic rings. The summed E-state index contributed by atoms with van der Waals surface area (Å²) in [5.74, 6) is 0. The molecule has 2 nitrogen and oxygen atoms in total. The maximum atomic E-state index is 10.2. The van der Waals surface area contributed by atoms with Crippen LogP contribution in [0.25, 0.3) is 0 Å². The van der Waals surface area contributed by atoms with Gasteiger partial charge in [0.25, 0.3) is 0 Å². The first-order valence-electron chi connectivity index (χ1n) is 4.62.